The van der Waals surface area contributed by atoms with E-state index >= 15 is 0 Å². The predicted molar refractivity (Wildman–Crippen MR) is 178 cm³/mol. The van der Waals surface area contributed by atoms with Gasteiger partial charge in [0.1, 0.15) is 12.1 Å². The van der Waals surface area contributed by atoms with E-state index in [4.69, 9.17) is 21.7 Å². The van der Waals surface area contributed by atoms with Crippen molar-refractivity contribution >= 4 is 59.0 Å². The van der Waals surface area contributed by atoms with Crippen LogP contribution in [0.15, 0.2) is 72.8 Å². The van der Waals surface area contributed by atoms with Gasteiger partial charge in [0.05, 0.1) is 7.11 Å². The molecule has 0 saturated heterocycles. The van der Waals surface area contributed by atoms with E-state index in [1.807, 2.05) is 12.1 Å². The van der Waals surface area contributed by atoms with Crippen LogP contribution in [0, 0.1) is 15.4 Å². The Labute approximate surface area is 274 Å². The van der Waals surface area contributed by atoms with Crippen LogP contribution in [0.3, 0.4) is 0 Å². The number of nitrogens with two attached hydrogens (primary N) is 2. The van der Waals surface area contributed by atoms with Crippen molar-refractivity contribution in [3.05, 3.63) is 98.6 Å². The van der Waals surface area contributed by atoms with Gasteiger partial charge in [-0.25, -0.2) is 10.3 Å². The Hall–Kier alpha value is -4.47. The Morgan fingerprint density at radius 3 is 1.78 bits per heavy atom. The second-order valence-corrected chi connectivity index (χ2v) is 10.6. The van der Waals surface area contributed by atoms with Crippen LogP contribution in [-0.2, 0) is 14.3 Å². The number of amides is 3. The molecule has 0 heterocycles. The van der Waals surface area contributed by atoms with E-state index in [-0.39, 0.29) is 19.0 Å². The Kier molecular flexibility index (Phi) is 15.5. The van der Waals surface area contributed by atoms with Gasteiger partial charge in [-0.3, -0.25) is 19.6 Å². The van der Waals surface area contributed by atoms with E-state index in [1.54, 1.807) is 60.7 Å². The third-order valence-corrected chi connectivity index (χ3v) is 6.61. The molecule has 10 N–H and O–H groups in total. The fraction of sp³-hybridized carbons (Fsp3) is 0.200. The molecule has 0 fully saturated rings. The Bertz CT molecular complexity index is 1490. The number of nitrogen functional groups attached to an aromatic ring is 1. The van der Waals surface area contributed by atoms with E-state index in [1.165, 1.54) is 19.4 Å². The van der Waals surface area contributed by atoms with Gasteiger partial charge >= 0.3 is 13.0 Å². The number of hydrogen-bond donors (Lipinski definition) is 8. The van der Waals surface area contributed by atoms with Gasteiger partial charge < -0.3 is 37.1 Å². The SMILES string of the molecule is COC(=O)[C@H](CNB(C)O)NC(=O)c1ccc(I)cc1.NC[C@H](NC(=O)c1ccc(C#Cc2ccc(N)cc2)cc1)C(=O)NO. The van der Waals surface area contributed by atoms with Crippen molar-refractivity contribution in [1.82, 2.24) is 21.3 Å². The van der Waals surface area contributed by atoms with Gasteiger partial charge in [-0.1, -0.05) is 11.8 Å². The predicted octanol–water partition coefficient (Wildman–Crippen LogP) is 0.494. The number of ether oxygens (including phenoxy) is 1. The summed E-state index contributed by atoms with van der Waals surface area (Å²) in [5, 5.41) is 25.4. The standard InChI is InChI=1S/C18H18N4O3.C12H16BIN2O4/c19-11-16(18(24)22-25)21-17(23)14-7-3-12(4-8-14)1-2-13-5-9-15(20)10-6-13;1-13(19)15-7-10(12(18)20-2)16-11(17)8-3-5-9(14)6-4-8/h3-10,16,25H,11,19-20H2,(H,21,23)(H,22,24);3-6,10,15,19H,7H2,1-2H3,(H,16,17)/t16-;10-/m00/s1. The molecule has 3 aromatic rings. The van der Waals surface area contributed by atoms with Crippen LogP contribution in [0.1, 0.15) is 31.8 Å². The number of halogens is 1. The average molecular weight is 728 g/mol. The van der Waals surface area contributed by atoms with Gasteiger partial charge in [0.15, 0.2) is 0 Å². The minimum Gasteiger partial charge on any atom is -0.467 e. The number of benzene rings is 3. The molecule has 0 aliphatic heterocycles. The lowest BCUT2D eigenvalue weighted by atomic mass is 9.88. The summed E-state index contributed by atoms with van der Waals surface area (Å²) in [6.07, 6.45) is 0. The maximum absolute atomic E-state index is 12.1. The molecular formula is C30H34BIN6O7. The second-order valence-electron chi connectivity index (χ2n) is 9.33. The number of hydrogen-bond acceptors (Lipinski definition) is 10. The lowest BCUT2D eigenvalue weighted by Crippen LogP contribution is -2.50. The van der Waals surface area contributed by atoms with Crippen molar-refractivity contribution in [2.24, 2.45) is 5.73 Å². The molecule has 3 amide bonds. The van der Waals surface area contributed by atoms with Crippen molar-refractivity contribution in [2.45, 2.75) is 18.9 Å². The van der Waals surface area contributed by atoms with E-state index in [0.717, 1.165) is 14.7 Å². The first-order chi connectivity index (χ1) is 21.5. The van der Waals surface area contributed by atoms with Crippen LogP contribution in [0.25, 0.3) is 0 Å². The number of esters is 1. The number of methoxy groups -OCH3 is 1. The molecule has 0 aliphatic rings. The number of rotatable bonds is 10. The molecule has 2 atom stereocenters. The van der Waals surface area contributed by atoms with Crippen LogP contribution in [0.4, 0.5) is 5.69 Å². The molecule has 3 rings (SSSR count). The summed E-state index contributed by atoms with van der Waals surface area (Å²) < 4.78 is 5.64. The van der Waals surface area contributed by atoms with E-state index in [0.29, 0.717) is 16.8 Å². The lowest BCUT2D eigenvalue weighted by Gasteiger charge is -2.17. The Balaban J connectivity index is 0.000000322. The maximum atomic E-state index is 12.1. The van der Waals surface area contributed by atoms with Crippen LogP contribution in [0.2, 0.25) is 6.82 Å². The van der Waals surface area contributed by atoms with Crippen molar-refractivity contribution < 1.29 is 34.1 Å². The van der Waals surface area contributed by atoms with E-state index < -0.39 is 36.9 Å². The van der Waals surface area contributed by atoms with E-state index in [9.17, 15) is 19.2 Å². The number of nitrogens with one attached hydrogen (secondary N) is 4. The highest BCUT2D eigenvalue weighted by Gasteiger charge is 2.23. The molecule has 45 heavy (non-hydrogen) atoms. The minimum atomic E-state index is -1.01. The number of carbonyl (C=O) groups excluding carboxylic acids is 4. The normalized spacial score (nSPS) is 11.2. The molecule has 0 aliphatic carbocycles. The van der Waals surface area contributed by atoms with Crippen LogP contribution in [0.5, 0.6) is 0 Å². The third kappa shape index (κ3) is 13.0. The van der Waals surface area contributed by atoms with Gasteiger partial charge in [0.2, 0.25) is 0 Å². The zero-order chi connectivity index (χ0) is 33.4. The summed E-state index contributed by atoms with van der Waals surface area (Å²) in [5.41, 5.74) is 15.5. The fourth-order valence-electron chi connectivity index (χ4n) is 3.43. The summed E-state index contributed by atoms with van der Waals surface area (Å²) >= 11 is 2.14. The molecule has 0 bridgehead atoms. The largest absolute Gasteiger partial charge is 0.467 e. The molecule has 3 aromatic carbocycles. The molecule has 13 nitrogen and oxygen atoms in total. The Morgan fingerprint density at radius 2 is 1.33 bits per heavy atom. The summed E-state index contributed by atoms with van der Waals surface area (Å²) in [5.74, 6) is 3.79. The van der Waals surface area contributed by atoms with Gasteiger partial charge in [0, 0.05) is 44.6 Å². The highest BCUT2D eigenvalue weighted by molar-refractivity contribution is 14.1. The first-order valence-electron chi connectivity index (χ1n) is 13.5. The van der Waals surface area contributed by atoms with Crippen molar-refractivity contribution in [1.29, 1.82) is 0 Å². The van der Waals surface area contributed by atoms with Gasteiger partial charge in [-0.05, 0) is 102 Å². The average Bonchev–Trinajstić information content (AvgIpc) is 3.05. The molecule has 0 aromatic heterocycles. The Morgan fingerprint density at radius 1 is 0.867 bits per heavy atom. The quantitative estimate of drug-likeness (QED) is 0.0275. The number of hydroxylamine groups is 1. The zero-order valence-electron chi connectivity index (χ0n) is 24.5. The van der Waals surface area contributed by atoms with Crippen molar-refractivity contribution in [3.63, 3.8) is 0 Å². The maximum Gasteiger partial charge on any atom is 0.373 e. The summed E-state index contributed by atoms with van der Waals surface area (Å²) in [6, 6.07) is 18.8. The monoisotopic (exact) mass is 728 g/mol. The first kappa shape index (κ1) is 36.7. The van der Waals surface area contributed by atoms with Gasteiger partial charge in [0.25, 0.3) is 17.7 Å². The third-order valence-electron chi connectivity index (χ3n) is 5.89. The molecule has 15 heteroatoms. The molecular weight excluding hydrogens is 694 g/mol. The molecule has 0 saturated carbocycles. The van der Waals surface area contributed by atoms with Crippen LogP contribution in [-0.4, -0.2) is 73.3 Å². The smallest absolute Gasteiger partial charge is 0.373 e. The van der Waals surface area contributed by atoms with Crippen LogP contribution < -0.4 is 32.8 Å². The number of carbonyl (C=O) groups is 4. The van der Waals surface area contributed by atoms with Crippen molar-refractivity contribution in [2.75, 3.05) is 25.9 Å². The van der Waals surface area contributed by atoms with Crippen molar-refractivity contribution in [3.8, 4) is 11.8 Å². The molecule has 236 valence electrons. The zero-order valence-corrected chi connectivity index (χ0v) is 26.7. The first-order valence-corrected chi connectivity index (χ1v) is 14.5. The second kappa shape index (κ2) is 19.0. The highest BCUT2D eigenvalue weighted by atomic mass is 127. The fourth-order valence-corrected chi connectivity index (χ4v) is 3.79. The topological polar surface area (TPSA) is 218 Å². The summed E-state index contributed by atoms with van der Waals surface area (Å²) in [6.45, 7) is 1.47. The van der Waals surface area contributed by atoms with Crippen LogP contribution >= 0.6 is 22.6 Å². The minimum absolute atomic E-state index is 0.0838. The van der Waals surface area contributed by atoms with Gasteiger partial charge in [-0.2, -0.15) is 0 Å². The molecule has 0 spiro atoms. The van der Waals surface area contributed by atoms with E-state index in [2.05, 4.69) is 55.0 Å². The number of anilines is 1. The summed E-state index contributed by atoms with van der Waals surface area (Å²) in [4.78, 5) is 47.0. The highest BCUT2D eigenvalue weighted by Crippen LogP contribution is 2.08. The molecule has 0 unspecified atom stereocenters. The lowest BCUT2D eigenvalue weighted by molar-refractivity contribution is -0.142. The molecule has 0 radical (unpaired) electrons. The summed E-state index contributed by atoms with van der Waals surface area (Å²) in [7, 11) is 0.465. The van der Waals surface area contributed by atoms with Gasteiger partial charge in [-0.15, -0.1) is 0 Å².